The molecule has 0 spiro atoms. The zero-order chi connectivity index (χ0) is 12.0. The van der Waals surface area contributed by atoms with Crippen LogP contribution in [0.2, 0.25) is 0 Å². The van der Waals surface area contributed by atoms with Crippen molar-refractivity contribution < 1.29 is 14.6 Å². The Balaban J connectivity index is 2.05. The molecule has 0 bridgehead atoms. The number of carbonyl (C=O) groups is 1. The van der Waals surface area contributed by atoms with E-state index >= 15 is 0 Å². The maximum atomic E-state index is 11.3. The van der Waals surface area contributed by atoms with Gasteiger partial charge >= 0.3 is 0 Å². The first-order valence-electron chi connectivity index (χ1n) is 5.81. The zero-order valence-electron chi connectivity index (χ0n) is 10.2. The fraction of sp³-hybridized carbons (Fsp3) is 0.909. The second-order valence-corrected chi connectivity index (χ2v) is 4.62. The second-order valence-electron chi connectivity index (χ2n) is 4.62. The van der Waals surface area contributed by atoms with Gasteiger partial charge in [0.15, 0.2) is 0 Å². The Labute approximate surface area is 96.8 Å². The summed E-state index contributed by atoms with van der Waals surface area (Å²) in [6.45, 7) is 8.11. The number of ether oxygens (including phenoxy) is 1. The summed E-state index contributed by atoms with van der Waals surface area (Å²) < 4.78 is 5.24. The lowest BCUT2D eigenvalue weighted by Gasteiger charge is -2.26. The van der Waals surface area contributed by atoms with Crippen LogP contribution < -0.4 is 5.32 Å². The molecule has 0 aromatic rings. The van der Waals surface area contributed by atoms with Crippen LogP contribution in [0.1, 0.15) is 20.3 Å². The van der Waals surface area contributed by atoms with Gasteiger partial charge in [0.25, 0.3) is 5.91 Å². The van der Waals surface area contributed by atoms with E-state index in [0.29, 0.717) is 6.54 Å². The van der Waals surface area contributed by atoms with Gasteiger partial charge < -0.3 is 15.2 Å². The van der Waals surface area contributed by atoms with Crippen molar-refractivity contribution in [1.29, 1.82) is 0 Å². The standard InChI is InChI=1S/C11H22N2O3/c1-11(2,15)10(14)12-4-3-5-13-6-8-16-9-7-13/h15H,3-9H2,1-2H3,(H,12,14). The molecule has 1 aliphatic heterocycles. The third-order valence-electron chi connectivity index (χ3n) is 2.60. The van der Waals surface area contributed by atoms with Crippen LogP contribution in [0.5, 0.6) is 0 Å². The molecule has 16 heavy (non-hydrogen) atoms. The third kappa shape index (κ3) is 4.92. The first-order chi connectivity index (χ1) is 7.50. The Morgan fingerprint density at radius 2 is 2.06 bits per heavy atom. The molecule has 5 nitrogen and oxygen atoms in total. The van der Waals surface area contributed by atoms with Crippen LogP contribution in [-0.2, 0) is 9.53 Å². The molecule has 1 aliphatic rings. The Morgan fingerprint density at radius 1 is 1.44 bits per heavy atom. The summed E-state index contributed by atoms with van der Waals surface area (Å²) in [7, 11) is 0. The molecule has 2 N–H and O–H groups in total. The lowest BCUT2D eigenvalue weighted by Crippen LogP contribution is -2.43. The number of hydrogen-bond acceptors (Lipinski definition) is 4. The van der Waals surface area contributed by atoms with Gasteiger partial charge in [0.1, 0.15) is 5.60 Å². The zero-order valence-corrected chi connectivity index (χ0v) is 10.2. The SMILES string of the molecule is CC(C)(O)C(=O)NCCCN1CCOCC1. The Kier molecular flexibility index (Phi) is 5.18. The van der Waals surface area contributed by atoms with Gasteiger partial charge in [-0.2, -0.15) is 0 Å². The first kappa shape index (κ1) is 13.4. The molecule has 1 rings (SSSR count). The van der Waals surface area contributed by atoms with Gasteiger partial charge in [-0.1, -0.05) is 0 Å². The molecule has 0 aliphatic carbocycles. The van der Waals surface area contributed by atoms with Crippen LogP contribution in [-0.4, -0.2) is 60.9 Å². The van der Waals surface area contributed by atoms with E-state index in [0.717, 1.165) is 39.3 Å². The number of amides is 1. The maximum absolute atomic E-state index is 11.3. The molecule has 0 aromatic heterocycles. The second kappa shape index (κ2) is 6.18. The predicted octanol–water partition coefficient (Wildman–Crippen LogP) is -0.404. The molecule has 94 valence electrons. The van der Waals surface area contributed by atoms with E-state index in [4.69, 9.17) is 4.74 Å². The van der Waals surface area contributed by atoms with E-state index in [1.807, 2.05) is 0 Å². The molecule has 1 saturated heterocycles. The molecule has 0 unspecified atom stereocenters. The number of rotatable bonds is 5. The van der Waals surface area contributed by atoms with E-state index in [1.165, 1.54) is 13.8 Å². The summed E-state index contributed by atoms with van der Waals surface area (Å²) in [6.07, 6.45) is 0.905. The van der Waals surface area contributed by atoms with E-state index in [1.54, 1.807) is 0 Å². The molecule has 0 atom stereocenters. The molecule has 5 heteroatoms. The molecule has 1 fully saturated rings. The number of aliphatic hydroxyl groups is 1. The molecule has 0 radical (unpaired) electrons. The third-order valence-corrected chi connectivity index (χ3v) is 2.60. The smallest absolute Gasteiger partial charge is 0.251 e. The summed E-state index contributed by atoms with van der Waals surface area (Å²) >= 11 is 0. The summed E-state index contributed by atoms with van der Waals surface area (Å²) in [4.78, 5) is 13.6. The molecule has 1 heterocycles. The predicted molar refractivity (Wildman–Crippen MR) is 61.2 cm³/mol. The average molecular weight is 230 g/mol. The van der Waals surface area contributed by atoms with E-state index in [2.05, 4.69) is 10.2 Å². The lowest BCUT2D eigenvalue weighted by atomic mass is 10.1. The minimum absolute atomic E-state index is 0.311. The normalized spacial score (nSPS) is 18.4. The monoisotopic (exact) mass is 230 g/mol. The van der Waals surface area contributed by atoms with Crippen LogP contribution in [0.15, 0.2) is 0 Å². The van der Waals surface area contributed by atoms with Gasteiger partial charge in [-0.15, -0.1) is 0 Å². The fourth-order valence-electron chi connectivity index (χ4n) is 1.55. The Morgan fingerprint density at radius 3 is 2.62 bits per heavy atom. The highest BCUT2D eigenvalue weighted by molar-refractivity contribution is 5.83. The van der Waals surface area contributed by atoms with Crippen LogP contribution in [0.3, 0.4) is 0 Å². The minimum atomic E-state index is -1.28. The van der Waals surface area contributed by atoms with Crippen molar-refractivity contribution in [2.45, 2.75) is 25.9 Å². The summed E-state index contributed by atoms with van der Waals surface area (Å²) in [5.74, 6) is -0.311. The Hall–Kier alpha value is -0.650. The Bertz CT molecular complexity index is 220. The van der Waals surface area contributed by atoms with Crippen molar-refractivity contribution in [2.75, 3.05) is 39.4 Å². The van der Waals surface area contributed by atoms with Crippen molar-refractivity contribution in [3.63, 3.8) is 0 Å². The van der Waals surface area contributed by atoms with Crippen molar-refractivity contribution in [3.8, 4) is 0 Å². The largest absolute Gasteiger partial charge is 0.381 e. The highest BCUT2D eigenvalue weighted by Gasteiger charge is 2.22. The van der Waals surface area contributed by atoms with E-state index < -0.39 is 5.60 Å². The lowest BCUT2D eigenvalue weighted by molar-refractivity contribution is -0.136. The van der Waals surface area contributed by atoms with Crippen molar-refractivity contribution in [3.05, 3.63) is 0 Å². The molecular weight excluding hydrogens is 208 g/mol. The quantitative estimate of drug-likeness (QED) is 0.631. The van der Waals surface area contributed by atoms with Gasteiger partial charge in [0, 0.05) is 19.6 Å². The minimum Gasteiger partial charge on any atom is -0.381 e. The molecule has 1 amide bonds. The van der Waals surface area contributed by atoms with E-state index in [-0.39, 0.29) is 5.91 Å². The first-order valence-corrected chi connectivity index (χ1v) is 5.81. The molecule has 0 saturated carbocycles. The van der Waals surface area contributed by atoms with Crippen LogP contribution in [0.25, 0.3) is 0 Å². The highest BCUT2D eigenvalue weighted by atomic mass is 16.5. The maximum Gasteiger partial charge on any atom is 0.251 e. The van der Waals surface area contributed by atoms with Crippen molar-refractivity contribution in [1.82, 2.24) is 10.2 Å². The highest BCUT2D eigenvalue weighted by Crippen LogP contribution is 2.00. The number of hydrogen-bond donors (Lipinski definition) is 2. The topological polar surface area (TPSA) is 61.8 Å². The van der Waals surface area contributed by atoms with Crippen LogP contribution >= 0.6 is 0 Å². The van der Waals surface area contributed by atoms with Gasteiger partial charge in [-0.05, 0) is 26.8 Å². The summed E-state index contributed by atoms with van der Waals surface area (Å²) in [5.41, 5.74) is -1.28. The van der Waals surface area contributed by atoms with Gasteiger partial charge in [0.05, 0.1) is 13.2 Å². The number of nitrogens with one attached hydrogen (secondary N) is 1. The van der Waals surface area contributed by atoms with Crippen LogP contribution in [0.4, 0.5) is 0 Å². The van der Waals surface area contributed by atoms with Gasteiger partial charge in [-0.3, -0.25) is 9.69 Å². The van der Waals surface area contributed by atoms with Crippen LogP contribution in [0, 0.1) is 0 Å². The van der Waals surface area contributed by atoms with E-state index in [9.17, 15) is 9.90 Å². The number of morpholine rings is 1. The number of carbonyl (C=O) groups excluding carboxylic acids is 1. The summed E-state index contributed by atoms with van der Waals surface area (Å²) in [6, 6.07) is 0. The molecule has 0 aromatic carbocycles. The van der Waals surface area contributed by atoms with Gasteiger partial charge in [0.2, 0.25) is 0 Å². The van der Waals surface area contributed by atoms with Crippen molar-refractivity contribution >= 4 is 5.91 Å². The number of nitrogens with zero attached hydrogens (tertiary/aromatic N) is 1. The van der Waals surface area contributed by atoms with Crippen molar-refractivity contribution in [2.24, 2.45) is 0 Å². The summed E-state index contributed by atoms with van der Waals surface area (Å²) in [5, 5.41) is 12.1. The van der Waals surface area contributed by atoms with Gasteiger partial charge in [-0.25, -0.2) is 0 Å². The molecular formula is C11H22N2O3. The fourth-order valence-corrected chi connectivity index (χ4v) is 1.55. The average Bonchev–Trinajstić information content (AvgIpc) is 2.24.